The van der Waals surface area contributed by atoms with Crippen molar-refractivity contribution in [3.05, 3.63) is 96.1 Å². The summed E-state index contributed by atoms with van der Waals surface area (Å²) in [7, 11) is 0. The van der Waals surface area contributed by atoms with Crippen LogP contribution >= 0.6 is 0 Å². The Balaban J connectivity index is 1.30. The van der Waals surface area contributed by atoms with E-state index in [2.05, 4.69) is 29.8 Å². The van der Waals surface area contributed by atoms with Gasteiger partial charge in [-0.25, -0.2) is 0 Å². The van der Waals surface area contributed by atoms with Crippen LogP contribution in [0.25, 0.3) is 0 Å². The van der Waals surface area contributed by atoms with E-state index < -0.39 is 52.9 Å². The summed E-state index contributed by atoms with van der Waals surface area (Å²) in [6.45, 7) is 6.88. The molecule has 1 aliphatic carbocycles. The number of nitrogens with zero attached hydrogens (tertiary/aromatic N) is 1. The van der Waals surface area contributed by atoms with Crippen LogP contribution in [0.3, 0.4) is 0 Å². The lowest BCUT2D eigenvalue weighted by Gasteiger charge is -2.46. The highest BCUT2D eigenvalue weighted by molar-refractivity contribution is 6.09. The Morgan fingerprint density at radius 3 is 2.38 bits per heavy atom. The van der Waals surface area contributed by atoms with Crippen LogP contribution in [0.15, 0.2) is 85.0 Å². The maximum Gasteiger partial charge on any atom is 0.248 e. The van der Waals surface area contributed by atoms with E-state index in [1.807, 2.05) is 85.0 Å². The normalized spacial score (nSPS) is 37.3. The van der Waals surface area contributed by atoms with Crippen LogP contribution in [0.1, 0.15) is 51.2 Å². The van der Waals surface area contributed by atoms with Gasteiger partial charge in [-0.3, -0.25) is 19.2 Å². The predicted octanol–water partition coefficient (Wildman–Crippen LogP) is 3.47. The molecule has 4 fully saturated rings. The molecule has 50 heavy (non-hydrogen) atoms. The van der Waals surface area contributed by atoms with Gasteiger partial charge in [0.25, 0.3) is 0 Å². The molecule has 2 aromatic rings. The summed E-state index contributed by atoms with van der Waals surface area (Å²) in [5, 5.41) is 9.33. The largest absolute Gasteiger partial charge is 0.371 e. The molecule has 5 aliphatic rings. The highest BCUT2D eigenvalue weighted by Gasteiger charge is 2.79. The van der Waals surface area contributed by atoms with Crippen LogP contribution < -0.4 is 16.0 Å². The molecular weight excluding hydrogens is 632 g/mol. The number of nitrogens with one attached hydrogen (secondary N) is 3. The molecule has 4 heterocycles. The van der Waals surface area contributed by atoms with Crippen molar-refractivity contribution in [2.75, 3.05) is 13.1 Å². The number of carbonyl (C=O) groups excluding carboxylic acids is 4. The average Bonchev–Trinajstić information content (AvgIpc) is 3.44. The monoisotopic (exact) mass is 680 g/mol. The minimum atomic E-state index is -1.55. The Hall–Kier alpha value is -4.28. The summed E-state index contributed by atoms with van der Waals surface area (Å²) in [5.74, 6) is -2.61. The van der Waals surface area contributed by atoms with E-state index >= 15 is 4.79 Å². The molecule has 7 rings (SSSR count). The first kappa shape index (κ1) is 34.2. The van der Waals surface area contributed by atoms with E-state index in [4.69, 9.17) is 9.47 Å². The SMILES string of the molecule is C[C@@H](OCc1ccccc1)C1NC(=O)[C@@]23C(=O)N[C@@H](Cc4ccccc4)C2[C@H](C)[C@@]2(C)O[C@H]2C3/C=C/C/C=C\CNC(=O)[C@@H]2CCCN2C1=O. The van der Waals surface area contributed by atoms with Gasteiger partial charge in [0.2, 0.25) is 23.6 Å². The molecule has 0 aromatic heterocycles. The molecule has 4 aliphatic heterocycles. The number of rotatable bonds is 6. The quantitative estimate of drug-likeness (QED) is 0.244. The Labute approximate surface area is 294 Å². The second-order valence-electron chi connectivity index (χ2n) is 14.7. The number of fused-ring (bicyclic) bond motifs is 3. The Morgan fingerprint density at radius 1 is 0.940 bits per heavy atom. The van der Waals surface area contributed by atoms with Crippen LogP contribution in [-0.4, -0.2) is 77.6 Å². The second-order valence-corrected chi connectivity index (χ2v) is 14.7. The molecule has 0 radical (unpaired) electrons. The molecule has 3 N–H and O–H groups in total. The van der Waals surface area contributed by atoms with Crippen molar-refractivity contribution in [1.29, 1.82) is 0 Å². The fraction of sp³-hybridized carbons (Fsp3) is 0.500. The van der Waals surface area contributed by atoms with E-state index in [1.165, 1.54) is 0 Å². The van der Waals surface area contributed by atoms with Crippen LogP contribution in [0, 0.1) is 23.2 Å². The third-order valence-corrected chi connectivity index (χ3v) is 11.9. The third-order valence-electron chi connectivity index (χ3n) is 11.9. The van der Waals surface area contributed by atoms with Crippen LogP contribution in [0.4, 0.5) is 0 Å². The molecule has 1 spiro atoms. The van der Waals surface area contributed by atoms with Crippen molar-refractivity contribution in [3.8, 4) is 0 Å². The number of allylic oxidation sites excluding steroid dienone is 2. The summed E-state index contributed by atoms with van der Waals surface area (Å²) >= 11 is 0. The molecule has 2 aromatic carbocycles. The third kappa shape index (κ3) is 5.96. The van der Waals surface area contributed by atoms with Crippen molar-refractivity contribution in [1.82, 2.24) is 20.9 Å². The minimum Gasteiger partial charge on any atom is -0.371 e. The molecule has 3 saturated heterocycles. The standard InChI is InChI=1S/C40H48N4O6/c1-25-32-30(23-27-15-8-6-9-16-27)42-37(47)40(32)29(34-39(25,3)50-34)19-12-4-5-13-21-41-35(45)31-20-14-22-44(31)36(46)33(43-38(40)48)26(2)49-24-28-17-10-7-11-18-28/h5-13,15-19,25-26,29-34H,4,14,20-24H2,1-3H3,(H,41,45)(H,42,47)(H,43,48)/b13-5-,19-12+/t25-,26+,29?,30-,31-,32?,33?,34-,39+,40+/m0/s1. The van der Waals surface area contributed by atoms with Crippen molar-refractivity contribution >= 4 is 23.6 Å². The fourth-order valence-corrected chi connectivity index (χ4v) is 9.08. The minimum absolute atomic E-state index is 0.145. The first-order chi connectivity index (χ1) is 24.2. The van der Waals surface area contributed by atoms with Gasteiger partial charge in [-0.1, -0.05) is 91.9 Å². The second kappa shape index (κ2) is 13.8. The molecule has 0 bridgehead atoms. The Morgan fingerprint density at radius 2 is 1.64 bits per heavy atom. The number of amides is 4. The Kier molecular flexibility index (Phi) is 9.43. The zero-order chi connectivity index (χ0) is 35.0. The van der Waals surface area contributed by atoms with Gasteiger partial charge in [0.15, 0.2) is 0 Å². The van der Waals surface area contributed by atoms with Gasteiger partial charge >= 0.3 is 0 Å². The summed E-state index contributed by atoms with van der Waals surface area (Å²) < 4.78 is 12.7. The van der Waals surface area contributed by atoms with Crippen LogP contribution in [0.2, 0.25) is 0 Å². The van der Waals surface area contributed by atoms with Gasteiger partial charge in [-0.2, -0.15) is 0 Å². The molecular formula is C40H48N4O6. The average molecular weight is 681 g/mol. The number of carbonyl (C=O) groups is 4. The van der Waals surface area contributed by atoms with Gasteiger partial charge in [-0.15, -0.1) is 0 Å². The maximum absolute atomic E-state index is 15.3. The molecule has 1 saturated carbocycles. The van der Waals surface area contributed by atoms with Gasteiger partial charge in [0.05, 0.1) is 24.4 Å². The van der Waals surface area contributed by atoms with E-state index in [-0.39, 0.29) is 36.5 Å². The molecule has 10 heteroatoms. The summed E-state index contributed by atoms with van der Waals surface area (Å²) in [4.78, 5) is 59.4. The lowest BCUT2D eigenvalue weighted by Crippen LogP contribution is -2.65. The molecule has 10 nitrogen and oxygen atoms in total. The van der Waals surface area contributed by atoms with Gasteiger partial charge in [-0.05, 0) is 56.6 Å². The van der Waals surface area contributed by atoms with E-state index in [0.29, 0.717) is 38.8 Å². The molecule has 3 unspecified atom stereocenters. The number of ether oxygens (including phenoxy) is 2. The number of hydrogen-bond donors (Lipinski definition) is 3. The smallest absolute Gasteiger partial charge is 0.248 e. The van der Waals surface area contributed by atoms with E-state index in [1.54, 1.807) is 11.8 Å². The zero-order valence-electron chi connectivity index (χ0n) is 29.0. The zero-order valence-corrected chi connectivity index (χ0v) is 29.0. The first-order valence-corrected chi connectivity index (χ1v) is 18.0. The maximum atomic E-state index is 15.3. The highest BCUT2D eigenvalue weighted by atomic mass is 16.6. The number of epoxide rings is 1. The highest BCUT2D eigenvalue weighted by Crippen LogP contribution is 2.65. The van der Waals surface area contributed by atoms with Crippen molar-refractivity contribution < 1.29 is 28.7 Å². The van der Waals surface area contributed by atoms with Gasteiger partial charge in [0.1, 0.15) is 17.5 Å². The topological polar surface area (TPSA) is 129 Å². The first-order valence-electron chi connectivity index (χ1n) is 18.0. The number of hydrogen-bond acceptors (Lipinski definition) is 6. The fourth-order valence-electron chi connectivity index (χ4n) is 9.08. The van der Waals surface area contributed by atoms with Crippen molar-refractivity contribution in [3.63, 3.8) is 0 Å². The van der Waals surface area contributed by atoms with E-state index in [0.717, 1.165) is 11.1 Å². The van der Waals surface area contributed by atoms with Crippen molar-refractivity contribution in [2.45, 2.75) is 89.0 Å². The van der Waals surface area contributed by atoms with E-state index in [9.17, 15) is 14.4 Å². The van der Waals surface area contributed by atoms with Gasteiger partial charge in [0, 0.05) is 31.0 Å². The number of benzene rings is 2. The molecule has 10 atom stereocenters. The summed E-state index contributed by atoms with van der Waals surface area (Å²) in [5.41, 5.74) is -0.0652. The predicted molar refractivity (Wildman–Crippen MR) is 187 cm³/mol. The van der Waals surface area contributed by atoms with Gasteiger partial charge < -0.3 is 30.3 Å². The molecule has 4 amide bonds. The molecule has 264 valence electrons. The van der Waals surface area contributed by atoms with Crippen LogP contribution in [0.5, 0.6) is 0 Å². The lowest BCUT2D eigenvalue weighted by atomic mass is 9.52. The van der Waals surface area contributed by atoms with Crippen molar-refractivity contribution in [2.24, 2.45) is 23.2 Å². The lowest BCUT2D eigenvalue weighted by molar-refractivity contribution is -0.155. The summed E-state index contributed by atoms with van der Waals surface area (Å²) in [6.07, 6.45) is 8.98. The summed E-state index contributed by atoms with van der Waals surface area (Å²) in [6, 6.07) is 17.5. The Bertz CT molecular complexity index is 1660. The van der Waals surface area contributed by atoms with Crippen LogP contribution in [-0.2, 0) is 41.7 Å².